The first-order valence-corrected chi connectivity index (χ1v) is 14.1. The Balaban J connectivity index is 1.61. The highest BCUT2D eigenvalue weighted by molar-refractivity contribution is 6.31. The maximum atomic E-state index is 15.8. The Labute approximate surface area is 238 Å². The number of benzene rings is 2. The molecule has 9 heteroatoms. The molecule has 2 aliphatic heterocycles. The Morgan fingerprint density at radius 1 is 1.21 bits per heavy atom. The molecule has 1 saturated heterocycles. The number of rotatable bonds is 6. The number of nitrogens with one attached hydrogen (secondary N) is 2. The van der Waals surface area contributed by atoms with Crippen molar-refractivity contribution in [3.05, 3.63) is 75.0 Å². The molecule has 6 nitrogen and oxygen atoms in total. The minimum Gasteiger partial charge on any atom is -0.379 e. The summed E-state index contributed by atoms with van der Waals surface area (Å²) in [5.41, 5.74) is 0.486. The third-order valence-corrected chi connectivity index (χ3v) is 8.51. The average molecular weight is 575 g/mol. The molecule has 39 heavy (non-hydrogen) atoms. The number of morpholine rings is 1. The molecule has 2 amide bonds. The van der Waals surface area contributed by atoms with Gasteiger partial charge in [0.05, 0.1) is 23.7 Å². The van der Waals surface area contributed by atoms with Gasteiger partial charge in [-0.1, -0.05) is 68.2 Å². The molecule has 1 spiro atoms. The number of ether oxygens (including phenoxy) is 1. The molecule has 3 aliphatic rings. The van der Waals surface area contributed by atoms with Crippen molar-refractivity contribution in [1.82, 2.24) is 10.2 Å². The van der Waals surface area contributed by atoms with Gasteiger partial charge in [-0.25, -0.2) is 4.39 Å². The summed E-state index contributed by atoms with van der Waals surface area (Å²) in [4.78, 5) is 30.2. The van der Waals surface area contributed by atoms with E-state index in [1.54, 1.807) is 24.3 Å². The molecule has 2 N–H and O–H groups in total. The van der Waals surface area contributed by atoms with Crippen LogP contribution in [0, 0.1) is 17.2 Å². The molecule has 0 aromatic heterocycles. The molecular weight excluding hydrogens is 540 g/mol. The number of allylic oxidation sites excluding steroid dienone is 1. The predicted molar refractivity (Wildman–Crippen MR) is 152 cm³/mol. The van der Waals surface area contributed by atoms with Crippen LogP contribution in [0.2, 0.25) is 10.0 Å². The highest BCUT2D eigenvalue weighted by atomic mass is 35.5. The number of hydrogen-bond donors (Lipinski definition) is 2. The fourth-order valence-electron chi connectivity index (χ4n) is 6.38. The van der Waals surface area contributed by atoms with Gasteiger partial charge >= 0.3 is 0 Å². The van der Waals surface area contributed by atoms with E-state index in [1.807, 2.05) is 12.1 Å². The molecule has 0 unspecified atom stereocenters. The van der Waals surface area contributed by atoms with E-state index in [0.29, 0.717) is 54.6 Å². The molecule has 208 valence electrons. The van der Waals surface area contributed by atoms with Crippen LogP contribution in [0.25, 0.3) is 0 Å². The van der Waals surface area contributed by atoms with Crippen LogP contribution >= 0.6 is 23.2 Å². The smallest absolute Gasteiger partial charge is 0.247 e. The Morgan fingerprint density at radius 2 is 1.95 bits per heavy atom. The second-order valence-corrected chi connectivity index (χ2v) is 12.6. The van der Waals surface area contributed by atoms with Crippen LogP contribution in [0.15, 0.2) is 48.0 Å². The molecular formula is C30H34Cl2FN3O3. The third kappa shape index (κ3) is 5.22. The molecule has 0 saturated carbocycles. The molecule has 0 bridgehead atoms. The van der Waals surface area contributed by atoms with Crippen LogP contribution in [0.1, 0.15) is 44.2 Å². The molecule has 2 aromatic rings. The van der Waals surface area contributed by atoms with Gasteiger partial charge in [-0.15, -0.1) is 0 Å². The van der Waals surface area contributed by atoms with Crippen LogP contribution in [0.5, 0.6) is 0 Å². The molecule has 3 atom stereocenters. The van der Waals surface area contributed by atoms with E-state index < -0.39 is 17.2 Å². The number of amides is 2. The summed E-state index contributed by atoms with van der Waals surface area (Å²) in [6.07, 6.45) is 2.50. The standard InChI is InChI=1S/C30H34Cl2FN3O3/c1-29(2,3)17-18-15-21(27(37)34-9-10-36-11-13-39-14-12-36)25(20-5-4-6-23(32)26(20)33)30(18)22-8-7-19(31)16-24(22)35-28(30)38/h4-8,15-16,18,25H,9-14,17H2,1-3H3,(H,34,37)(H,35,38)/t18-,25-,30+/m1/s1. The number of anilines is 1. The van der Waals surface area contributed by atoms with E-state index >= 15 is 4.39 Å². The fraction of sp³-hybridized carbons (Fsp3) is 0.467. The number of fused-ring (bicyclic) bond motifs is 2. The fourth-order valence-corrected chi connectivity index (χ4v) is 6.74. The van der Waals surface area contributed by atoms with Crippen LogP contribution in [-0.4, -0.2) is 56.1 Å². The highest BCUT2D eigenvalue weighted by Crippen LogP contribution is 2.61. The lowest BCUT2D eigenvalue weighted by Crippen LogP contribution is -2.46. The Kier molecular flexibility index (Phi) is 7.81. The topological polar surface area (TPSA) is 70.7 Å². The van der Waals surface area contributed by atoms with E-state index in [-0.39, 0.29) is 33.7 Å². The van der Waals surface area contributed by atoms with Crippen molar-refractivity contribution in [3.8, 4) is 0 Å². The zero-order chi connectivity index (χ0) is 27.9. The van der Waals surface area contributed by atoms with Gasteiger partial charge in [0.15, 0.2) is 0 Å². The van der Waals surface area contributed by atoms with E-state index in [4.69, 9.17) is 27.9 Å². The van der Waals surface area contributed by atoms with Crippen molar-refractivity contribution < 1.29 is 18.7 Å². The summed E-state index contributed by atoms with van der Waals surface area (Å²) in [7, 11) is 0. The summed E-state index contributed by atoms with van der Waals surface area (Å²) >= 11 is 12.5. The second kappa shape index (κ2) is 10.8. The number of nitrogens with zero attached hydrogens (tertiary/aromatic N) is 1. The molecule has 2 heterocycles. The maximum Gasteiger partial charge on any atom is 0.247 e. The lowest BCUT2D eigenvalue weighted by molar-refractivity contribution is -0.123. The van der Waals surface area contributed by atoms with Crippen molar-refractivity contribution in [2.45, 2.75) is 38.5 Å². The Hall–Kier alpha value is -2.45. The van der Waals surface area contributed by atoms with Gasteiger partial charge in [0.25, 0.3) is 0 Å². The van der Waals surface area contributed by atoms with Crippen molar-refractivity contribution in [1.29, 1.82) is 0 Å². The SMILES string of the molecule is CC(C)(C)C[C@H]1C=C(C(=O)NCCN2CCOCC2)[C@@H](c2cccc(Cl)c2F)[C@]12C(=O)Nc1cc(Cl)ccc12. The summed E-state index contributed by atoms with van der Waals surface area (Å²) in [5.74, 6) is -2.45. The molecule has 1 aliphatic carbocycles. The zero-order valence-corrected chi connectivity index (χ0v) is 24.0. The normalized spacial score (nSPS) is 25.0. The summed E-state index contributed by atoms with van der Waals surface area (Å²) < 4.78 is 21.2. The van der Waals surface area contributed by atoms with Crippen molar-refractivity contribution in [2.24, 2.45) is 11.3 Å². The largest absolute Gasteiger partial charge is 0.379 e. The van der Waals surface area contributed by atoms with Gasteiger partial charge in [-0.3, -0.25) is 14.5 Å². The molecule has 2 aromatic carbocycles. The molecule has 0 radical (unpaired) electrons. The Morgan fingerprint density at radius 3 is 2.67 bits per heavy atom. The van der Waals surface area contributed by atoms with Crippen LogP contribution in [0.3, 0.4) is 0 Å². The van der Waals surface area contributed by atoms with Gasteiger partial charge in [0.1, 0.15) is 5.82 Å². The van der Waals surface area contributed by atoms with E-state index in [1.165, 1.54) is 6.07 Å². The van der Waals surface area contributed by atoms with Crippen molar-refractivity contribution in [3.63, 3.8) is 0 Å². The molecule has 1 fully saturated rings. The number of halogens is 3. The zero-order valence-electron chi connectivity index (χ0n) is 22.5. The number of carbonyl (C=O) groups excluding carboxylic acids is 2. The quantitative estimate of drug-likeness (QED) is 0.475. The van der Waals surface area contributed by atoms with Gasteiger partial charge in [-0.05, 0) is 47.1 Å². The van der Waals surface area contributed by atoms with E-state index in [2.05, 4.69) is 36.3 Å². The number of hydrogen-bond acceptors (Lipinski definition) is 4. The van der Waals surface area contributed by atoms with E-state index in [0.717, 1.165) is 13.1 Å². The van der Waals surface area contributed by atoms with Gasteiger partial charge < -0.3 is 15.4 Å². The first-order valence-electron chi connectivity index (χ1n) is 13.4. The van der Waals surface area contributed by atoms with Crippen LogP contribution in [0.4, 0.5) is 10.1 Å². The third-order valence-electron chi connectivity index (χ3n) is 7.99. The van der Waals surface area contributed by atoms with Crippen LogP contribution in [-0.2, 0) is 19.7 Å². The minimum atomic E-state index is -1.24. The maximum absolute atomic E-state index is 15.8. The lowest BCUT2D eigenvalue weighted by atomic mass is 9.61. The monoisotopic (exact) mass is 573 g/mol. The summed E-state index contributed by atoms with van der Waals surface area (Å²) in [5, 5.41) is 6.48. The minimum absolute atomic E-state index is 0.0521. The second-order valence-electron chi connectivity index (χ2n) is 11.8. The van der Waals surface area contributed by atoms with Gasteiger partial charge in [0.2, 0.25) is 11.8 Å². The highest BCUT2D eigenvalue weighted by Gasteiger charge is 2.62. The molecule has 5 rings (SSSR count). The Bertz CT molecular complexity index is 1320. The first-order chi connectivity index (χ1) is 18.5. The van der Waals surface area contributed by atoms with E-state index in [9.17, 15) is 9.59 Å². The predicted octanol–water partition coefficient (Wildman–Crippen LogP) is 5.55. The number of carbonyl (C=O) groups is 2. The average Bonchev–Trinajstić information content (AvgIpc) is 3.35. The summed E-state index contributed by atoms with van der Waals surface area (Å²) in [6.45, 7) is 10.4. The van der Waals surface area contributed by atoms with Crippen molar-refractivity contribution >= 4 is 40.7 Å². The van der Waals surface area contributed by atoms with Gasteiger partial charge in [-0.2, -0.15) is 0 Å². The summed E-state index contributed by atoms with van der Waals surface area (Å²) in [6, 6.07) is 10.0. The lowest BCUT2D eigenvalue weighted by Gasteiger charge is -2.39. The van der Waals surface area contributed by atoms with Crippen molar-refractivity contribution in [2.75, 3.05) is 44.7 Å². The van der Waals surface area contributed by atoms with Crippen LogP contribution < -0.4 is 10.6 Å². The first kappa shape index (κ1) is 28.1. The van der Waals surface area contributed by atoms with Gasteiger partial charge in [0, 0.05) is 48.4 Å².